The SMILES string of the molecule is CCCCCCCCCCCCCCCCCCCCCCCCCCCCCCCCCOP(=O)(O)O. The van der Waals surface area contributed by atoms with Crippen LogP contribution in [-0.4, -0.2) is 16.4 Å². The Morgan fingerprint density at radius 2 is 0.553 bits per heavy atom. The van der Waals surface area contributed by atoms with E-state index in [1.807, 2.05) is 0 Å². The van der Waals surface area contributed by atoms with Gasteiger partial charge in [0, 0.05) is 0 Å². The fourth-order valence-corrected chi connectivity index (χ4v) is 5.85. The third kappa shape index (κ3) is 36.1. The van der Waals surface area contributed by atoms with E-state index in [0.29, 0.717) is 0 Å². The minimum Gasteiger partial charge on any atom is -0.303 e. The molecule has 0 saturated carbocycles. The summed E-state index contributed by atoms with van der Waals surface area (Å²) in [6.45, 7) is 2.47. The molecule has 0 aromatic heterocycles. The number of rotatable bonds is 33. The Bertz CT molecular complexity index is 480. The molecule has 0 aromatic rings. The lowest BCUT2D eigenvalue weighted by atomic mass is 10.0. The van der Waals surface area contributed by atoms with Crippen molar-refractivity contribution in [2.75, 3.05) is 6.61 Å². The van der Waals surface area contributed by atoms with Crippen LogP contribution in [0.25, 0.3) is 0 Å². The van der Waals surface area contributed by atoms with Crippen LogP contribution in [0.3, 0.4) is 0 Å². The zero-order valence-electron chi connectivity index (χ0n) is 25.8. The van der Waals surface area contributed by atoms with Gasteiger partial charge in [0.15, 0.2) is 0 Å². The molecule has 0 saturated heterocycles. The zero-order chi connectivity index (χ0) is 27.8. The fourth-order valence-electron chi connectivity index (χ4n) is 5.49. The molecule has 0 aliphatic heterocycles. The first-order valence-corrected chi connectivity index (χ1v) is 18.8. The van der Waals surface area contributed by atoms with Crippen molar-refractivity contribution in [2.45, 2.75) is 206 Å². The molecule has 0 aliphatic rings. The molecule has 230 valence electrons. The highest BCUT2D eigenvalue weighted by atomic mass is 31.2. The molecule has 0 heterocycles. The maximum absolute atomic E-state index is 10.6. The van der Waals surface area contributed by atoms with Crippen molar-refractivity contribution in [3.8, 4) is 0 Å². The molecule has 0 unspecified atom stereocenters. The smallest absolute Gasteiger partial charge is 0.303 e. The number of unbranched alkanes of at least 4 members (excludes halogenated alkanes) is 30. The van der Waals surface area contributed by atoms with Crippen LogP contribution in [0.5, 0.6) is 0 Å². The molecule has 5 heteroatoms. The summed E-state index contributed by atoms with van der Waals surface area (Å²) in [5.41, 5.74) is 0. The molecule has 4 nitrogen and oxygen atoms in total. The van der Waals surface area contributed by atoms with E-state index in [1.54, 1.807) is 0 Å². The van der Waals surface area contributed by atoms with Gasteiger partial charge in [-0.1, -0.05) is 200 Å². The van der Waals surface area contributed by atoms with Gasteiger partial charge in [-0.3, -0.25) is 4.52 Å². The van der Waals surface area contributed by atoms with E-state index in [4.69, 9.17) is 9.79 Å². The summed E-state index contributed by atoms with van der Waals surface area (Å²) in [6.07, 6.45) is 42.8. The highest BCUT2D eigenvalue weighted by molar-refractivity contribution is 7.46. The van der Waals surface area contributed by atoms with Gasteiger partial charge in [0.2, 0.25) is 0 Å². The summed E-state index contributed by atoms with van der Waals surface area (Å²) >= 11 is 0. The Morgan fingerprint density at radius 1 is 0.368 bits per heavy atom. The number of hydrogen-bond acceptors (Lipinski definition) is 2. The molecule has 0 aromatic carbocycles. The molecule has 0 radical (unpaired) electrons. The minimum atomic E-state index is -4.27. The maximum Gasteiger partial charge on any atom is 0.469 e. The topological polar surface area (TPSA) is 66.8 Å². The lowest BCUT2D eigenvalue weighted by molar-refractivity contribution is 0.193. The summed E-state index contributed by atoms with van der Waals surface area (Å²) in [5, 5.41) is 0. The van der Waals surface area contributed by atoms with Gasteiger partial charge >= 0.3 is 7.82 Å². The molecular weight excluding hydrogens is 491 g/mol. The van der Waals surface area contributed by atoms with Crippen molar-refractivity contribution in [2.24, 2.45) is 0 Å². The summed E-state index contributed by atoms with van der Waals surface area (Å²) < 4.78 is 15.0. The average Bonchev–Trinajstić information content (AvgIpc) is 2.88. The summed E-state index contributed by atoms with van der Waals surface area (Å²) in [6, 6.07) is 0. The van der Waals surface area contributed by atoms with E-state index >= 15 is 0 Å². The highest BCUT2D eigenvalue weighted by Crippen LogP contribution is 2.35. The van der Waals surface area contributed by atoms with Gasteiger partial charge in [0.1, 0.15) is 0 Å². The van der Waals surface area contributed by atoms with E-state index < -0.39 is 7.82 Å². The molecule has 38 heavy (non-hydrogen) atoms. The van der Waals surface area contributed by atoms with Crippen molar-refractivity contribution in [1.29, 1.82) is 0 Å². The molecular formula is C33H69O4P. The van der Waals surface area contributed by atoms with Crippen LogP contribution in [0, 0.1) is 0 Å². The molecule has 2 N–H and O–H groups in total. The average molecular weight is 561 g/mol. The lowest BCUT2D eigenvalue weighted by Gasteiger charge is -2.05. The molecule has 0 spiro atoms. The van der Waals surface area contributed by atoms with E-state index in [2.05, 4.69) is 11.4 Å². The monoisotopic (exact) mass is 560 g/mol. The van der Waals surface area contributed by atoms with Crippen molar-refractivity contribution in [3.05, 3.63) is 0 Å². The molecule has 0 bridgehead atoms. The second kappa shape index (κ2) is 31.6. The summed E-state index contributed by atoms with van der Waals surface area (Å²) in [5.74, 6) is 0. The number of phosphoric acid groups is 1. The van der Waals surface area contributed by atoms with E-state index in [1.165, 1.54) is 180 Å². The van der Waals surface area contributed by atoms with E-state index in [9.17, 15) is 4.57 Å². The van der Waals surface area contributed by atoms with Gasteiger partial charge in [0.25, 0.3) is 0 Å². The second-order valence-electron chi connectivity index (χ2n) is 11.9. The summed E-state index contributed by atoms with van der Waals surface area (Å²) in [7, 11) is -4.27. The quantitative estimate of drug-likeness (QED) is 0.0618. The predicted octanol–water partition coefficient (Wildman–Crippen LogP) is 12.2. The first kappa shape index (κ1) is 38.1. The van der Waals surface area contributed by atoms with Gasteiger partial charge in [-0.15, -0.1) is 0 Å². The molecule has 0 atom stereocenters. The molecule has 0 amide bonds. The van der Waals surface area contributed by atoms with Gasteiger partial charge in [-0.25, -0.2) is 4.57 Å². The minimum absolute atomic E-state index is 0.170. The van der Waals surface area contributed by atoms with Crippen LogP contribution in [0.2, 0.25) is 0 Å². The van der Waals surface area contributed by atoms with E-state index in [0.717, 1.165) is 19.3 Å². The molecule has 0 fully saturated rings. The number of hydrogen-bond donors (Lipinski definition) is 2. The Balaban J connectivity index is 3.04. The first-order chi connectivity index (χ1) is 18.6. The third-order valence-corrected chi connectivity index (χ3v) is 8.53. The van der Waals surface area contributed by atoms with Gasteiger partial charge in [-0.2, -0.15) is 0 Å². The van der Waals surface area contributed by atoms with Crippen molar-refractivity contribution in [1.82, 2.24) is 0 Å². The predicted molar refractivity (Wildman–Crippen MR) is 167 cm³/mol. The van der Waals surface area contributed by atoms with Gasteiger partial charge in [-0.05, 0) is 6.42 Å². The maximum atomic E-state index is 10.6. The first-order valence-electron chi connectivity index (χ1n) is 17.3. The normalized spacial score (nSPS) is 12.0. The Morgan fingerprint density at radius 3 is 0.737 bits per heavy atom. The van der Waals surface area contributed by atoms with E-state index in [-0.39, 0.29) is 6.61 Å². The zero-order valence-corrected chi connectivity index (χ0v) is 26.7. The second-order valence-corrected chi connectivity index (χ2v) is 13.2. The van der Waals surface area contributed by atoms with Crippen molar-refractivity contribution in [3.63, 3.8) is 0 Å². The number of phosphoric ester groups is 1. The molecule has 0 rings (SSSR count). The standard InChI is InChI=1S/C33H69O4P/c1-2-3-4-5-6-7-8-9-10-11-12-13-14-15-16-17-18-19-20-21-22-23-24-25-26-27-28-29-30-31-32-33-37-38(34,35)36/h2-33H2,1H3,(H2,34,35,36). The van der Waals surface area contributed by atoms with Crippen molar-refractivity contribution >= 4 is 7.82 Å². The van der Waals surface area contributed by atoms with Crippen LogP contribution in [0.1, 0.15) is 206 Å². The summed E-state index contributed by atoms with van der Waals surface area (Å²) in [4.78, 5) is 17.2. The fraction of sp³-hybridized carbons (Fsp3) is 1.00. The van der Waals surface area contributed by atoms with Crippen LogP contribution in [-0.2, 0) is 9.09 Å². The van der Waals surface area contributed by atoms with Gasteiger partial charge < -0.3 is 9.79 Å². The Labute approximate surface area is 239 Å². The van der Waals surface area contributed by atoms with Crippen molar-refractivity contribution < 1.29 is 18.9 Å². The third-order valence-electron chi connectivity index (χ3n) is 8.01. The van der Waals surface area contributed by atoms with Gasteiger partial charge in [0.05, 0.1) is 6.61 Å². The Hall–Kier alpha value is 0.110. The highest BCUT2D eigenvalue weighted by Gasteiger charge is 2.12. The van der Waals surface area contributed by atoms with Crippen LogP contribution >= 0.6 is 7.82 Å². The Kier molecular flexibility index (Phi) is 31.7. The largest absolute Gasteiger partial charge is 0.469 e. The van der Waals surface area contributed by atoms with Crippen LogP contribution < -0.4 is 0 Å². The lowest BCUT2D eigenvalue weighted by Crippen LogP contribution is -1.92. The molecule has 0 aliphatic carbocycles. The van der Waals surface area contributed by atoms with Crippen LogP contribution in [0.4, 0.5) is 0 Å². The van der Waals surface area contributed by atoms with Crippen LogP contribution in [0.15, 0.2) is 0 Å².